The molecule has 16 heavy (non-hydrogen) atoms. The molecule has 0 aliphatic rings. The standard InChI is InChI=1S/C14H14O2/c1-9-8-12(11-6-4-3-5-7-11)14(16)13(15)10(9)2/h3-8,15-16H,1-2H3. The second-order valence-corrected chi connectivity index (χ2v) is 3.93. The average molecular weight is 214 g/mol. The number of phenols is 2. The molecule has 82 valence electrons. The van der Waals surface area contributed by atoms with Crippen LogP contribution >= 0.6 is 0 Å². The van der Waals surface area contributed by atoms with Crippen LogP contribution in [0.2, 0.25) is 0 Å². The molecule has 0 atom stereocenters. The molecule has 0 saturated heterocycles. The van der Waals surface area contributed by atoms with Crippen LogP contribution in [-0.4, -0.2) is 10.2 Å². The summed E-state index contributed by atoms with van der Waals surface area (Å²) in [4.78, 5) is 0. The lowest BCUT2D eigenvalue weighted by Gasteiger charge is -2.11. The van der Waals surface area contributed by atoms with Gasteiger partial charge in [0.2, 0.25) is 0 Å². The molecule has 0 aromatic heterocycles. The topological polar surface area (TPSA) is 40.5 Å². The number of aryl methyl sites for hydroxylation is 1. The van der Waals surface area contributed by atoms with Crippen LogP contribution in [0.1, 0.15) is 11.1 Å². The Bertz CT molecular complexity index is 516. The first-order valence-corrected chi connectivity index (χ1v) is 5.19. The van der Waals surface area contributed by atoms with Crippen LogP contribution < -0.4 is 0 Å². The van der Waals surface area contributed by atoms with Crippen LogP contribution in [0.3, 0.4) is 0 Å². The number of aromatic hydroxyl groups is 2. The molecular formula is C14H14O2. The molecule has 2 rings (SSSR count). The number of hydrogen-bond acceptors (Lipinski definition) is 2. The van der Waals surface area contributed by atoms with Gasteiger partial charge in [0, 0.05) is 5.56 Å². The molecule has 2 N–H and O–H groups in total. The summed E-state index contributed by atoms with van der Waals surface area (Å²) >= 11 is 0. The molecule has 2 nitrogen and oxygen atoms in total. The molecule has 0 radical (unpaired) electrons. The number of benzene rings is 2. The Kier molecular flexibility index (Phi) is 2.57. The van der Waals surface area contributed by atoms with Gasteiger partial charge >= 0.3 is 0 Å². The van der Waals surface area contributed by atoms with Gasteiger partial charge in [0.1, 0.15) is 0 Å². The lowest BCUT2D eigenvalue weighted by molar-refractivity contribution is 0.402. The fraction of sp³-hybridized carbons (Fsp3) is 0.143. The largest absolute Gasteiger partial charge is 0.504 e. The first-order chi connectivity index (χ1) is 7.61. The molecule has 0 saturated carbocycles. The second kappa shape index (κ2) is 3.89. The summed E-state index contributed by atoms with van der Waals surface area (Å²) in [5.74, 6) is -0.0758. The smallest absolute Gasteiger partial charge is 0.165 e. The van der Waals surface area contributed by atoms with Crippen molar-refractivity contribution in [3.05, 3.63) is 47.5 Å². The molecule has 2 aromatic carbocycles. The summed E-state index contributed by atoms with van der Waals surface area (Å²) < 4.78 is 0. The van der Waals surface area contributed by atoms with Gasteiger partial charge in [0.15, 0.2) is 11.5 Å². The Morgan fingerprint density at radius 2 is 1.50 bits per heavy atom. The lowest BCUT2D eigenvalue weighted by atomic mass is 9.98. The van der Waals surface area contributed by atoms with Gasteiger partial charge in [-0.3, -0.25) is 0 Å². The monoisotopic (exact) mass is 214 g/mol. The van der Waals surface area contributed by atoms with Gasteiger partial charge in [-0.15, -0.1) is 0 Å². The molecule has 0 spiro atoms. The van der Waals surface area contributed by atoms with E-state index in [4.69, 9.17) is 0 Å². The van der Waals surface area contributed by atoms with Crippen molar-refractivity contribution in [3.63, 3.8) is 0 Å². The van der Waals surface area contributed by atoms with Gasteiger partial charge in [0.05, 0.1) is 0 Å². The summed E-state index contributed by atoms with van der Waals surface area (Å²) in [5.41, 5.74) is 3.26. The zero-order valence-electron chi connectivity index (χ0n) is 9.36. The molecule has 0 bridgehead atoms. The second-order valence-electron chi connectivity index (χ2n) is 3.93. The summed E-state index contributed by atoms with van der Waals surface area (Å²) in [5, 5.41) is 19.7. The third kappa shape index (κ3) is 1.63. The molecule has 0 aliphatic carbocycles. The van der Waals surface area contributed by atoms with Gasteiger partial charge in [-0.1, -0.05) is 30.3 Å². The van der Waals surface area contributed by atoms with E-state index in [-0.39, 0.29) is 11.5 Å². The summed E-state index contributed by atoms with van der Waals surface area (Å²) in [7, 11) is 0. The van der Waals surface area contributed by atoms with Gasteiger partial charge in [-0.25, -0.2) is 0 Å². The maximum absolute atomic E-state index is 9.91. The zero-order chi connectivity index (χ0) is 11.7. The van der Waals surface area contributed by atoms with Crippen molar-refractivity contribution in [2.45, 2.75) is 13.8 Å². The van der Waals surface area contributed by atoms with Crippen LogP contribution in [0.4, 0.5) is 0 Å². The van der Waals surface area contributed by atoms with Crippen molar-refractivity contribution in [2.75, 3.05) is 0 Å². The summed E-state index contributed by atoms with van der Waals surface area (Å²) in [6.45, 7) is 3.71. The molecule has 0 heterocycles. The molecule has 0 amide bonds. The molecule has 0 aliphatic heterocycles. The maximum Gasteiger partial charge on any atom is 0.165 e. The highest BCUT2D eigenvalue weighted by molar-refractivity contribution is 5.75. The van der Waals surface area contributed by atoms with E-state index in [1.54, 1.807) is 6.92 Å². The first kappa shape index (κ1) is 10.6. The van der Waals surface area contributed by atoms with Crippen molar-refractivity contribution >= 4 is 0 Å². The Labute approximate surface area is 94.8 Å². The van der Waals surface area contributed by atoms with E-state index in [0.29, 0.717) is 5.56 Å². The van der Waals surface area contributed by atoms with E-state index >= 15 is 0 Å². The van der Waals surface area contributed by atoms with Crippen molar-refractivity contribution in [1.29, 1.82) is 0 Å². The highest BCUT2D eigenvalue weighted by Crippen LogP contribution is 2.40. The number of rotatable bonds is 1. The van der Waals surface area contributed by atoms with Crippen LogP contribution in [0.15, 0.2) is 36.4 Å². The predicted octanol–water partition coefficient (Wildman–Crippen LogP) is 3.38. The van der Waals surface area contributed by atoms with Crippen molar-refractivity contribution in [1.82, 2.24) is 0 Å². The third-order valence-corrected chi connectivity index (χ3v) is 2.87. The Balaban J connectivity index is 2.68. The van der Waals surface area contributed by atoms with Crippen molar-refractivity contribution in [3.8, 4) is 22.6 Å². The zero-order valence-corrected chi connectivity index (χ0v) is 9.36. The number of phenolic OH excluding ortho intramolecular Hbond substituents is 2. The Morgan fingerprint density at radius 1 is 0.875 bits per heavy atom. The van der Waals surface area contributed by atoms with Crippen molar-refractivity contribution < 1.29 is 10.2 Å². The summed E-state index contributed by atoms with van der Waals surface area (Å²) in [6, 6.07) is 11.4. The highest BCUT2D eigenvalue weighted by Gasteiger charge is 2.12. The van der Waals surface area contributed by atoms with Gasteiger partial charge in [0.25, 0.3) is 0 Å². The fourth-order valence-electron chi connectivity index (χ4n) is 1.72. The lowest BCUT2D eigenvalue weighted by Crippen LogP contribution is -1.87. The predicted molar refractivity (Wildman–Crippen MR) is 64.7 cm³/mol. The minimum atomic E-state index is -0.0469. The highest BCUT2D eigenvalue weighted by atomic mass is 16.3. The van der Waals surface area contributed by atoms with Crippen LogP contribution in [0.5, 0.6) is 11.5 Å². The average Bonchev–Trinajstić information content (AvgIpc) is 2.32. The quantitative estimate of drug-likeness (QED) is 0.714. The first-order valence-electron chi connectivity index (χ1n) is 5.19. The molecule has 2 aromatic rings. The molecule has 0 unspecified atom stereocenters. The van der Waals surface area contributed by atoms with Gasteiger partial charge < -0.3 is 10.2 Å². The van der Waals surface area contributed by atoms with E-state index in [9.17, 15) is 10.2 Å². The minimum absolute atomic E-state index is 0.0288. The Morgan fingerprint density at radius 3 is 2.12 bits per heavy atom. The van der Waals surface area contributed by atoms with Crippen LogP contribution in [0.25, 0.3) is 11.1 Å². The van der Waals surface area contributed by atoms with E-state index in [1.165, 1.54) is 0 Å². The van der Waals surface area contributed by atoms with E-state index in [1.807, 2.05) is 43.3 Å². The molecular weight excluding hydrogens is 200 g/mol. The Hall–Kier alpha value is -1.96. The normalized spacial score (nSPS) is 10.4. The van der Waals surface area contributed by atoms with Gasteiger partial charge in [-0.05, 0) is 36.6 Å². The molecule has 0 fully saturated rings. The van der Waals surface area contributed by atoms with Crippen LogP contribution in [0, 0.1) is 13.8 Å². The minimum Gasteiger partial charge on any atom is -0.504 e. The van der Waals surface area contributed by atoms with E-state index in [0.717, 1.165) is 16.7 Å². The summed E-state index contributed by atoms with van der Waals surface area (Å²) in [6.07, 6.45) is 0. The molecule has 2 heteroatoms. The SMILES string of the molecule is Cc1cc(-c2ccccc2)c(O)c(O)c1C. The van der Waals surface area contributed by atoms with Crippen LogP contribution in [-0.2, 0) is 0 Å². The number of hydrogen-bond donors (Lipinski definition) is 2. The third-order valence-electron chi connectivity index (χ3n) is 2.87. The van der Waals surface area contributed by atoms with E-state index < -0.39 is 0 Å². The van der Waals surface area contributed by atoms with E-state index in [2.05, 4.69) is 0 Å². The van der Waals surface area contributed by atoms with Gasteiger partial charge in [-0.2, -0.15) is 0 Å². The maximum atomic E-state index is 9.91. The van der Waals surface area contributed by atoms with Crippen molar-refractivity contribution in [2.24, 2.45) is 0 Å². The fourth-order valence-corrected chi connectivity index (χ4v) is 1.72.